The molecule has 3 nitrogen and oxygen atoms in total. The highest BCUT2D eigenvalue weighted by Crippen LogP contribution is 2.33. The van der Waals surface area contributed by atoms with Crippen molar-refractivity contribution in [3.63, 3.8) is 0 Å². The van der Waals surface area contributed by atoms with Crippen molar-refractivity contribution in [2.45, 2.75) is 50.4 Å². The van der Waals surface area contributed by atoms with Crippen molar-refractivity contribution in [3.05, 3.63) is 35.9 Å². The average molecular weight is 287 g/mol. The lowest BCUT2D eigenvalue weighted by Gasteiger charge is -2.26. The van der Waals surface area contributed by atoms with E-state index in [1.807, 2.05) is 0 Å². The number of rotatable bonds is 6. The maximum atomic E-state index is 3.92. The van der Waals surface area contributed by atoms with Gasteiger partial charge in [0, 0.05) is 37.3 Å². The molecule has 1 N–H and O–H groups in total. The number of nitrogens with one attached hydrogen (secondary N) is 1. The second-order valence-electron chi connectivity index (χ2n) is 7.10. The van der Waals surface area contributed by atoms with E-state index in [1.54, 1.807) is 0 Å². The van der Waals surface area contributed by atoms with Crippen LogP contribution in [0.5, 0.6) is 0 Å². The summed E-state index contributed by atoms with van der Waals surface area (Å²) in [5.41, 5.74) is 1.41. The van der Waals surface area contributed by atoms with Crippen LogP contribution in [0.2, 0.25) is 0 Å². The average Bonchev–Trinajstić information content (AvgIpc) is 3.23. The van der Waals surface area contributed by atoms with Crippen LogP contribution in [0.1, 0.15) is 37.8 Å². The smallest absolute Gasteiger partial charge is 0.0451 e. The SMILES string of the molecule is CC1CC(NC(CN(C)C)c2ccccc2)CN1C1CC1. The Morgan fingerprint density at radius 1 is 1.24 bits per heavy atom. The lowest BCUT2D eigenvalue weighted by Crippen LogP contribution is -2.40. The van der Waals surface area contributed by atoms with Crippen LogP contribution in [0.3, 0.4) is 0 Å². The second-order valence-corrected chi connectivity index (χ2v) is 7.10. The minimum Gasteiger partial charge on any atom is -0.308 e. The quantitative estimate of drug-likeness (QED) is 0.867. The first-order valence-corrected chi connectivity index (χ1v) is 8.35. The molecule has 0 bridgehead atoms. The van der Waals surface area contributed by atoms with Crippen molar-refractivity contribution in [2.24, 2.45) is 0 Å². The van der Waals surface area contributed by atoms with Crippen LogP contribution in [-0.2, 0) is 0 Å². The first-order valence-electron chi connectivity index (χ1n) is 8.35. The molecule has 1 saturated carbocycles. The van der Waals surface area contributed by atoms with Crippen molar-refractivity contribution < 1.29 is 0 Å². The Labute approximate surface area is 129 Å². The van der Waals surface area contributed by atoms with Crippen LogP contribution >= 0.6 is 0 Å². The molecule has 1 aromatic carbocycles. The van der Waals surface area contributed by atoms with Gasteiger partial charge in [-0.15, -0.1) is 0 Å². The summed E-state index contributed by atoms with van der Waals surface area (Å²) in [5.74, 6) is 0. The molecule has 3 heteroatoms. The van der Waals surface area contributed by atoms with E-state index in [0.717, 1.165) is 18.6 Å². The zero-order chi connectivity index (χ0) is 14.8. The van der Waals surface area contributed by atoms with Crippen LogP contribution < -0.4 is 5.32 Å². The second kappa shape index (κ2) is 6.47. The van der Waals surface area contributed by atoms with Crippen molar-refractivity contribution in [2.75, 3.05) is 27.2 Å². The molecule has 1 heterocycles. The molecule has 0 aromatic heterocycles. The number of likely N-dealkylation sites (tertiary alicyclic amines) is 1. The first kappa shape index (κ1) is 15.0. The zero-order valence-electron chi connectivity index (χ0n) is 13.6. The van der Waals surface area contributed by atoms with Gasteiger partial charge in [-0.3, -0.25) is 4.90 Å². The maximum Gasteiger partial charge on any atom is 0.0451 e. The normalized spacial score (nSPS) is 28.2. The van der Waals surface area contributed by atoms with E-state index in [1.165, 1.54) is 31.4 Å². The minimum atomic E-state index is 0.428. The van der Waals surface area contributed by atoms with Gasteiger partial charge in [0.1, 0.15) is 0 Å². The standard InChI is InChI=1S/C18H29N3/c1-14-11-16(12-21(14)17-9-10-17)19-18(13-20(2)3)15-7-5-4-6-8-15/h4-8,14,16-19H,9-13H2,1-3H3. The number of nitrogens with zero attached hydrogens (tertiary/aromatic N) is 2. The van der Waals surface area contributed by atoms with E-state index < -0.39 is 0 Å². The summed E-state index contributed by atoms with van der Waals surface area (Å²) < 4.78 is 0. The lowest BCUT2D eigenvalue weighted by molar-refractivity contribution is 0.251. The highest BCUT2D eigenvalue weighted by atomic mass is 15.3. The molecule has 116 valence electrons. The number of benzene rings is 1. The third-order valence-electron chi connectivity index (χ3n) is 4.83. The lowest BCUT2D eigenvalue weighted by atomic mass is 10.0. The van der Waals surface area contributed by atoms with E-state index >= 15 is 0 Å². The first-order chi connectivity index (χ1) is 10.1. The summed E-state index contributed by atoms with van der Waals surface area (Å²) in [6.07, 6.45) is 4.11. The van der Waals surface area contributed by atoms with E-state index in [2.05, 4.69) is 66.5 Å². The molecule has 1 saturated heterocycles. The van der Waals surface area contributed by atoms with Gasteiger partial charge in [0.15, 0.2) is 0 Å². The molecule has 3 unspecified atom stereocenters. The van der Waals surface area contributed by atoms with E-state index in [9.17, 15) is 0 Å². The predicted octanol–water partition coefficient (Wildman–Crippen LogP) is 2.50. The topological polar surface area (TPSA) is 18.5 Å². The number of hydrogen-bond acceptors (Lipinski definition) is 3. The minimum absolute atomic E-state index is 0.428. The predicted molar refractivity (Wildman–Crippen MR) is 88.5 cm³/mol. The highest BCUT2D eigenvalue weighted by molar-refractivity contribution is 5.19. The van der Waals surface area contributed by atoms with Crippen molar-refractivity contribution in [1.82, 2.24) is 15.1 Å². The zero-order valence-corrected chi connectivity index (χ0v) is 13.6. The van der Waals surface area contributed by atoms with Crippen molar-refractivity contribution >= 4 is 0 Å². The fourth-order valence-electron chi connectivity index (χ4n) is 3.68. The molecule has 0 radical (unpaired) electrons. The third kappa shape index (κ3) is 3.85. The van der Waals surface area contributed by atoms with E-state index in [4.69, 9.17) is 0 Å². The summed E-state index contributed by atoms with van der Waals surface area (Å²) in [6, 6.07) is 13.6. The van der Waals surface area contributed by atoms with Crippen molar-refractivity contribution in [1.29, 1.82) is 0 Å². The van der Waals surface area contributed by atoms with Gasteiger partial charge in [0.2, 0.25) is 0 Å². The Morgan fingerprint density at radius 3 is 2.57 bits per heavy atom. The van der Waals surface area contributed by atoms with E-state index in [0.29, 0.717) is 12.1 Å². The van der Waals surface area contributed by atoms with Crippen LogP contribution in [0.15, 0.2) is 30.3 Å². The monoisotopic (exact) mass is 287 g/mol. The summed E-state index contributed by atoms with van der Waals surface area (Å²) in [4.78, 5) is 5.00. The molecule has 1 aliphatic heterocycles. The molecule has 2 aliphatic rings. The van der Waals surface area contributed by atoms with Crippen LogP contribution in [0.4, 0.5) is 0 Å². The van der Waals surface area contributed by atoms with Gasteiger partial charge in [-0.1, -0.05) is 30.3 Å². The van der Waals surface area contributed by atoms with Gasteiger partial charge in [-0.05, 0) is 45.8 Å². The Bertz CT molecular complexity index is 441. The Balaban J connectivity index is 1.64. The van der Waals surface area contributed by atoms with Crippen LogP contribution in [-0.4, -0.2) is 55.1 Å². The third-order valence-corrected chi connectivity index (χ3v) is 4.83. The molecule has 0 spiro atoms. The van der Waals surface area contributed by atoms with Gasteiger partial charge in [-0.25, -0.2) is 0 Å². The Kier molecular flexibility index (Phi) is 4.63. The highest BCUT2D eigenvalue weighted by Gasteiger charge is 2.39. The van der Waals surface area contributed by atoms with Gasteiger partial charge in [0.25, 0.3) is 0 Å². The molecule has 1 aliphatic carbocycles. The largest absolute Gasteiger partial charge is 0.308 e. The van der Waals surface area contributed by atoms with Gasteiger partial charge >= 0.3 is 0 Å². The summed E-state index contributed by atoms with van der Waals surface area (Å²) >= 11 is 0. The summed E-state index contributed by atoms with van der Waals surface area (Å²) in [7, 11) is 4.32. The fourth-order valence-corrected chi connectivity index (χ4v) is 3.68. The van der Waals surface area contributed by atoms with Gasteiger partial charge < -0.3 is 10.2 Å². The molecule has 2 fully saturated rings. The summed E-state index contributed by atoms with van der Waals surface area (Å²) in [6.45, 7) is 4.67. The number of likely N-dealkylation sites (N-methyl/N-ethyl adjacent to an activating group) is 1. The molecule has 3 atom stereocenters. The molecule has 0 amide bonds. The molecular weight excluding hydrogens is 258 g/mol. The van der Waals surface area contributed by atoms with Gasteiger partial charge in [0.05, 0.1) is 0 Å². The Hall–Kier alpha value is -0.900. The summed E-state index contributed by atoms with van der Waals surface area (Å²) in [5, 5.41) is 3.92. The van der Waals surface area contributed by atoms with Crippen molar-refractivity contribution in [3.8, 4) is 0 Å². The van der Waals surface area contributed by atoms with E-state index in [-0.39, 0.29) is 0 Å². The Morgan fingerprint density at radius 2 is 1.95 bits per heavy atom. The number of hydrogen-bond donors (Lipinski definition) is 1. The molecule has 21 heavy (non-hydrogen) atoms. The van der Waals surface area contributed by atoms with Gasteiger partial charge in [-0.2, -0.15) is 0 Å². The molecular formula is C18H29N3. The fraction of sp³-hybridized carbons (Fsp3) is 0.667. The van der Waals surface area contributed by atoms with Crippen LogP contribution in [0, 0.1) is 0 Å². The molecule has 3 rings (SSSR count). The molecule has 1 aromatic rings. The van der Waals surface area contributed by atoms with Crippen LogP contribution in [0.25, 0.3) is 0 Å². The maximum absolute atomic E-state index is 3.92.